The van der Waals surface area contributed by atoms with Crippen LogP contribution in [0.5, 0.6) is 11.5 Å². The summed E-state index contributed by atoms with van der Waals surface area (Å²) in [5.74, 6) is -2.19. The zero-order valence-electron chi connectivity index (χ0n) is 27.8. The number of thiazole rings is 1. The third-order valence-corrected chi connectivity index (χ3v) is 14.0. The predicted octanol–water partition coefficient (Wildman–Crippen LogP) is 4.09. The first kappa shape index (κ1) is 35.0. The lowest BCUT2D eigenvalue weighted by atomic mass is 9.68. The van der Waals surface area contributed by atoms with Crippen molar-refractivity contribution < 1.29 is 37.2 Å². The van der Waals surface area contributed by atoms with Crippen LogP contribution in [0.25, 0.3) is 0 Å². The number of primary sulfonamides is 1. The molecule has 4 aromatic rings. The number of imide groups is 1. The van der Waals surface area contributed by atoms with Crippen LogP contribution in [0.1, 0.15) is 29.7 Å². The number of benzene rings is 3. The second kappa shape index (κ2) is 13.1. The van der Waals surface area contributed by atoms with Gasteiger partial charge in [0.05, 0.1) is 39.0 Å². The molecule has 1 saturated heterocycles. The van der Waals surface area contributed by atoms with Crippen molar-refractivity contribution in [3.05, 3.63) is 97.0 Å². The van der Waals surface area contributed by atoms with E-state index in [-0.39, 0.29) is 62.8 Å². The molecular weight excluding hydrogens is 747 g/mol. The summed E-state index contributed by atoms with van der Waals surface area (Å²) in [5, 5.41) is 19.7. The molecule has 53 heavy (non-hydrogen) atoms. The highest BCUT2D eigenvalue weighted by Crippen LogP contribution is 2.68. The highest BCUT2D eigenvalue weighted by Gasteiger charge is 2.69. The van der Waals surface area contributed by atoms with Gasteiger partial charge >= 0.3 is 4.87 Å². The molecule has 2 bridgehead atoms. The molecule has 18 heteroatoms. The number of rotatable bonds is 10. The second-order valence-electron chi connectivity index (χ2n) is 13.3. The van der Waals surface area contributed by atoms with Gasteiger partial charge in [-0.15, -0.1) is 11.8 Å². The van der Waals surface area contributed by atoms with Crippen LogP contribution in [0, 0.1) is 39.7 Å². The third kappa shape index (κ3) is 5.98. The van der Waals surface area contributed by atoms with E-state index >= 15 is 0 Å². The molecule has 3 heterocycles. The van der Waals surface area contributed by atoms with E-state index in [4.69, 9.17) is 14.6 Å². The van der Waals surface area contributed by atoms with Crippen LogP contribution in [0.4, 0.5) is 17.1 Å². The van der Waals surface area contributed by atoms with Gasteiger partial charge in [0.1, 0.15) is 0 Å². The maximum absolute atomic E-state index is 14.1. The van der Waals surface area contributed by atoms with Gasteiger partial charge in [-0.05, 0) is 85.2 Å². The fourth-order valence-electron chi connectivity index (χ4n) is 8.54. The lowest BCUT2D eigenvalue weighted by Gasteiger charge is -2.43. The number of ether oxygens (including phenoxy) is 2. The van der Waals surface area contributed by atoms with E-state index in [1.165, 1.54) is 53.4 Å². The number of nitrogens with two attached hydrogens (primary N) is 1. The number of nitrogens with zero attached hydrogens (tertiary/aromatic N) is 2. The van der Waals surface area contributed by atoms with E-state index in [2.05, 4.69) is 10.3 Å². The Morgan fingerprint density at radius 2 is 1.70 bits per heavy atom. The van der Waals surface area contributed by atoms with Gasteiger partial charge < -0.3 is 19.8 Å². The van der Waals surface area contributed by atoms with Crippen molar-refractivity contribution in [1.29, 1.82) is 0 Å². The quantitative estimate of drug-likeness (QED) is 0.118. The molecule has 3 aromatic carbocycles. The summed E-state index contributed by atoms with van der Waals surface area (Å²) in [6.45, 7) is 1.73. The van der Waals surface area contributed by atoms with Crippen molar-refractivity contribution in [2.45, 2.75) is 34.4 Å². The number of thioether (sulfide) groups is 1. The maximum atomic E-state index is 14.1. The monoisotopic (exact) mass is 777 g/mol. The minimum atomic E-state index is -3.88. The molecule has 0 radical (unpaired) electrons. The number of nitro benzene ring substituents is 1. The number of aromatic amines is 1. The van der Waals surface area contributed by atoms with Crippen molar-refractivity contribution in [1.82, 2.24) is 4.98 Å². The lowest BCUT2D eigenvalue weighted by Crippen LogP contribution is -2.42. The highest BCUT2D eigenvalue weighted by molar-refractivity contribution is 8.00. The normalized spacial score (nSPS) is 25.5. The second-order valence-corrected chi connectivity index (χ2v) is 17.1. The Hall–Kier alpha value is -5.04. The van der Waals surface area contributed by atoms with Crippen LogP contribution in [-0.2, 0) is 24.4 Å². The summed E-state index contributed by atoms with van der Waals surface area (Å²) >= 11 is 2.68. The van der Waals surface area contributed by atoms with Gasteiger partial charge in [0.15, 0.2) is 18.1 Å². The number of amides is 3. The number of anilines is 2. The van der Waals surface area contributed by atoms with Gasteiger partial charge in [-0.2, -0.15) is 0 Å². The van der Waals surface area contributed by atoms with E-state index in [0.29, 0.717) is 35.9 Å². The average molecular weight is 778 g/mol. The van der Waals surface area contributed by atoms with Crippen LogP contribution in [0.3, 0.4) is 0 Å². The van der Waals surface area contributed by atoms with Gasteiger partial charge in [0.25, 0.3) is 11.6 Å². The fraction of sp³-hybridized carbons (Fsp3) is 0.314. The summed E-state index contributed by atoms with van der Waals surface area (Å²) in [4.78, 5) is 68.9. The SMILES string of the molecule is CCOc1cc([C@H]2c3sc(=O)[nH]c3SC3C2[C@H]2C[C@@H]3C3C(=O)N(c4ccc([N+](=O)[O-])cc4)C(=O)C32)ccc1OCC(=O)Nc1ccc(S(N)(=O)=O)cc1. The smallest absolute Gasteiger partial charge is 0.305 e. The molecule has 3 amide bonds. The van der Waals surface area contributed by atoms with Gasteiger partial charge in [-0.3, -0.25) is 34.2 Å². The van der Waals surface area contributed by atoms with Crippen molar-refractivity contribution in [3.8, 4) is 11.5 Å². The minimum Gasteiger partial charge on any atom is -0.490 e. The number of hydrogen-bond donors (Lipinski definition) is 3. The first-order valence-corrected chi connectivity index (χ1v) is 19.9. The van der Waals surface area contributed by atoms with Crippen molar-refractivity contribution in [2.75, 3.05) is 23.4 Å². The summed E-state index contributed by atoms with van der Waals surface area (Å²) in [6, 6.07) is 16.2. The number of carbonyl (C=O) groups excluding carboxylic acids is 3. The first-order chi connectivity index (χ1) is 25.3. The molecule has 4 aliphatic rings. The summed E-state index contributed by atoms with van der Waals surface area (Å²) in [7, 11) is -3.88. The van der Waals surface area contributed by atoms with Crippen molar-refractivity contribution in [2.24, 2.45) is 34.7 Å². The zero-order chi connectivity index (χ0) is 37.3. The number of non-ortho nitro benzene ring substituents is 1. The van der Waals surface area contributed by atoms with E-state index < -0.39 is 32.7 Å². The molecule has 7 atom stereocenters. The van der Waals surface area contributed by atoms with Gasteiger partial charge in [0.2, 0.25) is 21.8 Å². The van der Waals surface area contributed by atoms with Crippen molar-refractivity contribution >= 4 is 67.9 Å². The Bertz CT molecular complexity index is 2340. The van der Waals surface area contributed by atoms with Crippen molar-refractivity contribution in [3.63, 3.8) is 0 Å². The molecular formula is C35H31N5O10S3. The molecule has 1 aromatic heterocycles. The Kier molecular flexibility index (Phi) is 8.67. The molecule has 0 spiro atoms. The number of aromatic nitrogens is 1. The molecule has 15 nitrogen and oxygen atoms in total. The third-order valence-electron chi connectivity index (χ3n) is 10.5. The standard InChI is InChI=1S/C35H31N5O10S3/c1-2-49-24-13-16(3-12-23(24)50-15-25(41)37-17-4-10-20(11-5-17)53(36,47)48)26-27-21-14-22(30(27)51-32-31(26)52-35(44)38-32)29-28(21)33(42)39(34(29)43)18-6-8-19(9-7-18)40(45)46/h3-13,21-22,26-30H,2,14-15H2,1H3,(H,37,41)(H,38,44)(H2,36,47,48)/t21-,22-,26-,27?,28?,29?,30?/m1/s1. The van der Waals surface area contributed by atoms with E-state index in [1.54, 1.807) is 17.8 Å². The Labute approximate surface area is 310 Å². The van der Waals surface area contributed by atoms with E-state index in [9.17, 15) is 37.7 Å². The van der Waals surface area contributed by atoms with Gasteiger partial charge in [0, 0.05) is 33.9 Å². The fourth-order valence-corrected chi connectivity index (χ4v) is 11.9. The lowest BCUT2D eigenvalue weighted by molar-refractivity contribution is -0.384. The summed E-state index contributed by atoms with van der Waals surface area (Å²) in [6.07, 6.45) is 0.679. The molecule has 3 fully saturated rings. The average Bonchev–Trinajstić information content (AvgIpc) is 3.86. The maximum Gasteiger partial charge on any atom is 0.305 e. The Morgan fingerprint density at radius 3 is 2.36 bits per heavy atom. The van der Waals surface area contributed by atoms with Gasteiger partial charge in [-0.1, -0.05) is 17.4 Å². The molecule has 2 saturated carbocycles. The largest absolute Gasteiger partial charge is 0.490 e. The first-order valence-electron chi connectivity index (χ1n) is 16.7. The number of carbonyl (C=O) groups is 3. The predicted molar refractivity (Wildman–Crippen MR) is 194 cm³/mol. The number of hydrogen-bond acceptors (Lipinski definition) is 12. The zero-order valence-corrected chi connectivity index (χ0v) is 30.2. The molecule has 4 N–H and O–H groups in total. The van der Waals surface area contributed by atoms with Gasteiger partial charge in [-0.25, -0.2) is 13.6 Å². The van der Waals surface area contributed by atoms with Crippen LogP contribution in [-0.4, -0.2) is 54.5 Å². The number of H-pyrrole nitrogens is 1. The number of nitrogens with one attached hydrogen (secondary N) is 2. The van der Waals surface area contributed by atoms with E-state index in [1.807, 2.05) is 19.1 Å². The van der Waals surface area contributed by atoms with E-state index in [0.717, 1.165) is 26.8 Å². The minimum absolute atomic E-state index is 0.0632. The Morgan fingerprint density at radius 1 is 1.00 bits per heavy atom. The molecule has 8 rings (SSSR count). The summed E-state index contributed by atoms with van der Waals surface area (Å²) in [5.41, 5.74) is 1.35. The highest BCUT2D eigenvalue weighted by atomic mass is 32.2. The molecule has 2 aliphatic carbocycles. The summed E-state index contributed by atoms with van der Waals surface area (Å²) < 4.78 is 34.9. The van der Waals surface area contributed by atoms with Crippen LogP contribution < -0.4 is 29.7 Å². The number of nitro groups is 1. The molecule has 2 aliphatic heterocycles. The van der Waals surface area contributed by atoms with Crippen LogP contribution in [0.15, 0.2) is 81.4 Å². The number of fused-ring (bicyclic) bond motifs is 9. The molecule has 4 unspecified atom stereocenters. The topological polar surface area (TPSA) is 221 Å². The molecule has 274 valence electrons. The number of sulfonamides is 1. The van der Waals surface area contributed by atoms with Crippen LogP contribution in [0.2, 0.25) is 0 Å². The Balaban J connectivity index is 1.06. The van der Waals surface area contributed by atoms with Crippen LogP contribution >= 0.6 is 23.1 Å².